The van der Waals surface area contributed by atoms with Gasteiger partial charge in [-0.1, -0.05) is 19.1 Å². The molecular formula is C12H12FN. The summed E-state index contributed by atoms with van der Waals surface area (Å²) >= 11 is 0. The molecule has 0 aliphatic heterocycles. The van der Waals surface area contributed by atoms with Crippen molar-refractivity contribution in [1.29, 1.82) is 5.26 Å². The molecule has 0 unspecified atom stereocenters. The van der Waals surface area contributed by atoms with Crippen LogP contribution in [0.15, 0.2) is 24.3 Å². The molecule has 0 N–H and O–H groups in total. The van der Waals surface area contributed by atoms with Gasteiger partial charge in [-0.25, -0.2) is 4.39 Å². The molecule has 0 heterocycles. The third-order valence-corrected chi connectivity index (χ3v) is 3.00. The summed E-state index contributed by atoms with van der Waals surface area (Å²) in [5, 5.41) is 9.13. The van der Waals surface area contributed by atoms with Crippen LogP contribution in [-0.4, -0.2) is 0 Å². The fraction of sp³-hybridized carbons (Fsp3) is 0.417. The van der Waals surface area contributed by atoms with Crippen molar-refractivity contribution in [3.8, 4) is 6.07 Å². The van der Waals surface area contributed by atoms with Crippen molar-refractivity contribution in [2.24, 2.45) is 5.92 Å². The van der Waals surface area contributed by atoms with Gasteiger partial charge in [-0.05, 0) is 36.5 Å². The Morgan fingerprint density at radius 1 is 1.36 bits per heavy atom. The highest BCUT2D eigenvalue weighted by Gasteiger charge is 2.43. The van der Waals surface area contributed by atoms with Crippen LogP contribution < -0.4 is 0 Å². The first-order valence-electron chi connectivity index (χ1n) is 4.83. The van der Waals surface area contributed by atoms with Gasteiger partial charge in [0.1, 0.15) is 5.82 Å². The van der Waals surface area contributed by atoms with Gasteiger partial charge in [0, 0.05) is 0 Å². The number of nitrogens with zero attached hydrogens (tertiary/aromatic N) is 1. The van der Waals surface area contributed by atoms with Gasteiger partial charge in [0.05, 0.1) is 11.5 Å². The molecular weight excluding hydrogens is 177 g/mol. The highest BCUT2D eigenvalue weighted by atomic mass is 19.1. The molecule has 0 atom stereocenters. The quantitative estimate of drug-likeness (QED) is 0.666. The van der Waals surface area contributed by atoms with Crippen molar-refractivity contribution in [1.82, 2.24) is 0 Å². The van der Waals surface area contributed by atoms with E-state index >= 15 is 0 Å². The number of rotatable bonds is 1. The zero-order valence-corrected chi connectivity index (χ0v) is 8.13. The summed E-state index contributed by atoms with van der Waals surface area (Å²) in [6.07, 6.45) is 1.80. The Hall–Kier alpha value is -1.36. The Bertz CT molecular complexity index is 368. The molecule has 2 heteroatoms. The Morgan fingerprint density at radius 3 is 2.36 bits per heavy atom. The largest absolute Gasteiger partial charge is 0.207 e. The normalized spacial score (nSPS) is 30.5. The molecule has 0 bridgehead atoms. The summed E-state index contributed by atoms with van der Waals surface area (Å²) < 4.78 is 12.7. The van der Waals surface area contributed by atoms with E-state index in [4.69, 9.17) is 5.26 Å². The second kappa shape index (κ2) is 3.09. The zero-order valence-electron chi connectivity index (χ0n) is 8.13. The summed E-state index contributed by atoms with van der Waals surface area (Å²) in [5.41, 5.74) is 0.618. The monoisotopic (exact) mass is 189 g/mol. The first-order chi connectivity index (χ1) is 6.66. The molecule has 1 nitrogen and oxygen atoms in total. The molecule has 1 fully saturated rings. The minimum absolute atomic E-state index is 0.241. The van der Waals surface area contributed by atoms with Crippen molar-refractivity contribution in [2.45, 2.75) is 25.2 Å². The summed E-state index contributed by atoms with van der Waals surface area (Å²) in [6.45, 7) is 2.14. The van der Waals surface area contributed by atoms with E-state index in [1.165, 1.54) is 12.1 Å². The lowest BCUT2D eigenvalue weighted by atomic mass is 9.60. The molecule has 72 valence electrons. The van der Waals surface area contributed by atoms with Crippen LogP contribution in [0.5, 0.6) is 0 Å². The van der Waals surface area contributed by atoms with Crippen LogP contribution in [0.1, 0.15) is 25.3 Å². The molecule has 14 heavy (non-hydrogen) atoms. The zero-order chi connectivity index (χ0) is 10.2. The van der Waals surface area contributed by atoms with Crippen LogP contribution in [0.2, 0.25) is 0 Å². The van der Waals surface area contributed by atoms with E-state index in [2.05, 4.69) is 13.0 Å². The van der Waals surface area contributed by atoms with Crippen molar-refractivity contribution in [3.05, 3.63) is 35.6 Å². The molecule has 1 aromatic carbocycles. The molecule has 1 aliphatic carbocycles. The van der Waals surface area contributed by atoms with E-state index < -0.39 is 0 Å². The number of benzene rings is 1. The van der Waals surface area contributed by atoms with Crippen LogP contribution >= 0.6 is 0 Å². The van der Waals surface area contributed by atoms with Gasteiger partial charge < -0.3 is 0 Å². The van der Waals surface area contributed by atoms with Crippen molar-refractivity contribution < 1.29 is 4.39 Å². The summed E-state index contributed by atoms with van der Waals surface area (Å²) in [5.74, 6) is 0.369. The number of nitriles is 1. The molecule has 0 saturated heterocycles. The minimum atomic E-state index is -0.340. The smallest absolute Gasteiger partial charge is 0.123 e. The van der Waals surface area contributed by atoms with E-state index in [-0.39, 0.29) is 11.2 Å². The van der Waals surface area contributed by atoms with Crippen LogP contribution in [0.25, 0.3) is 0 Å². The van der Waals surface area contributed by atoms with Crippen molar-refractivity contribution in [3.63, 3.8) is 0 Å². The van der Waals surface area contributed by atoms with Gasteiger partial charge in [-0.2, -0.15) is 5.26 Å². The Morgan fingerprint density at radius 2 is 1.93 bits per heavy atom. The van der Waals surface area contributed by atoms with Gasteiger partial charge in [-0.15, -0.1) is 0 Å². The van der Waals surface area contributed by atoms with Gasteiger partial charge in [0.15, 0.2) is 0 Å². The minimum Gasteiger partial charge on any atom is -0.207 e. The maximum atomic E-state index is 12.7. The van der Waals surface area contributed by atoms with Crippen LogP contribution in [-0.2, 0) is 5.41 Å². The summed E-state index contributed by atoms with van der Waals surface area (Å²) in [4.78, 5) is 0. The fourth-order valence-corrected chi connectivity index (χ4v) is 2.29. The second-order valence-electron chi connectivity index (χ2n) is 4.21. The molecule has 0 aromatic heterocycles. The Balaban J connectivity index is 2.31. The lowest BCUT2D eigenvalue weighted by molar-refractivity contribution is 0.217. The standard InChI is InChI=1S/C12H12FN/c1-9-6-12(7-9,8-14)10-2-4-11(13)5-3-10/h2-5,9H,6-7H2,1H3/t9-,12-. The number of hydrogen-bond donors (Lipinski definition) is 0. The topological polar surface area (TPSA) is 23.8 Å². The molecule has 0 spiro atoms. The highest BCUT2D eigenvalue weighted by Crippen LogP contribution is 2.46. The number of halogens is 1. The van der Waals surface area contributed by atoms with Crippen LogP contribution in [0, 0.1) is 23.1 Å². The summed E-state index contributed by atoms with van der Waals surface area (Å²) in [6, 6.07) is 8.67. The van der Waals surface area contributed by atoms with E-state index in [0.717, 1.165) is 18.4 Å². The average molecular weight is 189 g/mol. The first-order valence-corrected chi connectivity index (χ1v) is 4.83. The third-order valence-electron chi connectivity index (χ3n) is 3.00. The molecule has 1 aromatic rings. The average Bonchev–Trinajstić information content (AvgIpc) is 2.14. The van der Waals surface area contributed by atoms with Crippen molar-refractivity contribution >= 4 is 0 Å². The maximum Gasteiger partial charge on any atom is 0.123 e. The van der Waals surface area contributed by atoms with Gasteiger partial charge in [0.25, 0.3) is 0 Å². The van der Waals surface area contributed by atoms with E-state index in [9.17, 15) is 4.39 Å². The molecule has 1 saturated carbocycles. The lowest BCUT2D eigenvalue weighted by Crippen LogP contribution is -2.38. The predicted octanol–water partition coefficient (Wildman–Crippen LogP) is 3.02. The van der Waals surface area contributed by atoms with Crippen LogP contribution in [0.4, 0.5) is 4.39 Å². The molecule has 1 aliphatic rings. The number of hydrogen-bond acceptors (Lipinski definition) is 1. The van der Waals surface area contributed by atoms with Crippen LogP contribution in [0.3, 0.4) is 0 Å². The second-order valence-corrected chi connectivity index (χ2v) is 4.21. The van der Waals surface area contributed by atoms with Gasteiger partial charge in [0.2, 0.25) is 0 Å². The predicted molar refractivity (Wildman–Crippen MR) is 52.1 cm³/mol. The highest BCUT2D eigenvalue weighted by molar-refractivity contribution is 5.35. The Kier molecular flexibility index (Phi) is 2.03. The van der Waals surface area contributed by atoms with E-state index in [0.29, 0.717) is 5.92 Å². The third kappa shape index (κ3) is 1.29. The first kappa shape index (κ1) is 9.21. The Labute approximate surface area is 83.2 Å². The molecule has 2 rings (SSSR count). The molecule has 0 amide bonds. The van der Waals surface area contributed by atoms with Gasteiger partial charge in [-0.3, -0.25) is 0 Å². The fourth-order valence-electron chi connectivity index (χ4n) is 2.29. The summed E-state index contributed by atoms with van der Waals surface area (Å²) in [7, 11) is 0. The molecule has 0 radical (unpaired) electrons. The van der Waals surface area contributed by atoms with E-state index in [1.807, 2.05) is 0 Å². The van der Waals surface area contributed by atoms with Crippen molar-refractivity contribution in [2.75, 3.05) is 0 Å². The lowest BCUT2D eigenvalue weighted by Gasteiger charge is -2.41. The van der Waals surface area contributed by atoms with E-state index in [1.54, 1.807) is 12.1 Å². The van der Waals surface area contributed by atoms with Gasteiger partial charge >= 0.3 is 0 Å². The SMILES string of the molecule is C[C@H]1C[C@](C#N)(c2ccc(F)cc2)C1. The maximum absolute atomic E-state index is 12.7.